The molecular formula is C18H21FN2O5S. The number of amides is 1. The third kappa shape index (κ3) is 5.41. The maximum absolute atomic E-state index is 12.9. The number of methoxy groups -OCH3 is 2. The van der Waals surface area contributed by atoms with Crippen LogP contribution < -0.4 is 19.5 Å². The smallest absolute Gasteiger partial charge is 0.241 e. The van der Waals surface area contributed by atoms with Gasteiger partial charge in [0.15, 0.2) is 11.5 Å². The van der Waals surface area contributed by atoms with E-state index in [0.717, 1.165) is 29.8 Å². The number of ether oxygens (including phenoxy) is 2. The lowest BCUT2D eigenvalue weighted by Gasteiger charge is -2.15. The summed E-state index contributed by atoms with van der Waals surface area (Å²) in [4.78, 5) is 12.1. The van der Waals surface area contributed by atoms with Gasteiger partial charge in [-0.05, 0) is 48.9 Å². The molecule has 2 aromatic carbocycles. The molecule has 2 aromatic rings. The van der Waals surface area contributed by atoms with Crippen molar-refractivity contribution in [3.05, 3.63) is 53.8 Å². The highest BCUT2D eigenvalue weighted by molar-refractivity contribution is 7.89. The number of nitrogens with one attached hydrogen (secondary N) is 2. The molecule has 0 fully saturated rings. The fraction of sp³-hybridized carbons (Fsp3) is 0.278. The highest BCUT2D eigenvalue weighted by Gasteiger charge is 2.22. The molecule has 0 aliphatic carbocycles. The zero-order chi connectivity index (χ0) is 20.0. The molecule has 0 aromatic heterocycles. The lowest BCUT2D eigenvalue weighted by Crippen LogP contribution is -2.44. The van der Waals surface area contributed by atoms with Gasteiger partial charge in [0.1, 0.15) is 5.82 Å². The largest absolute Gasteiger partial charge is 0.493 e. The van der Waals surface area contributed by atoms with Crippen molar-refractivity contribution >= 4 is 15.9 Å². The molecule has 2 rings (SSSR count). The van der Waals surface area contributed by atoms with E-state index >= 15 is 0 Å². The Kier molecular flexibility index (Phi) is 6.75. The molecule has 0 saturated carbocycles. The summed E-state index contributed by atoms with van der Waals surface area (Å²) in [6.45, 7) is 1.60. The minimum absolute atomic E-state index is 0.122. The number of rotatable bonds is 8. The van der Waals surface area contributed by atoms with Crippen LogP contribution in [0.4, 0.5) is 4.39 Å². The second-order valence-electron chi connectivity index (χ2n) is 5.70. The first-order chi connectivity index (χ1) is 12.8. The minimum atomic E-state index is -3.94. The number of benzene rings is 2. The summed E-state index contributed by atoms with van der Waals surface area (Å²) >= 11 is 0. The Hall–Kier alpha value is -2.65. The minimum Gasteiger partial charge on any atom is -0.493 e. The Bertz CT molecular complexity index is 900. The highest BCUT2D eigenvalue weighted by atomic mass is 32.2. The van der Waals surface area contributed by atoms with Gasteiger partial charge in [-0.1, -0.05) is 6.07 Å². The first-order valence-corrected chi connectivity index (χ1v) is 9.51. The topological polar surface area (TPSA) is 93.7 Å². The van der Waals surface area contributed by atoms with Gasteiger partial charge < -0.3 is 14.8 Å². The van der Waals surface area contributed by atoms with Crippen molar-refractivity contribution < 1.29 is 27.1 Å². The quantitative estimate of drug-likeness (QED) is 0.710. The second kappa shape index (κ2) is 8.83. The van der Waals surface area contributed by atoms with Gasteiger partial charge in [-0.15, -0.1) is 0 Å². The second-order valence-corrected chi connectivity index (χ2v) is 7.42. The van der Waals surface area contributed by atoms with Gasteiger partial charge in [0, 0.05) is 6.54 Å². The average Bonchev–Trinajstić information content (AvgIpc) is 2.65. The third-order valence-corrected chi connectivity index (χ3v) is 5.32. The molecule has 0 spiro atoms. The van der Waals surface area contributed by atoms with Gasteiger partial charge in [-0.2, -0.15) is 4.72 Å². The van der Waals surface area contributed by atoms with E-state index in [1.54, 1.807) is 18.2 Å². The van der Waals surface area contributed by atoms with E-state index < -0.39 is 27.8 Å². The number of carbonyl (C=O) groups is 1. The molecule has 1 amide bonds. The summed E-state index contributed by atoms with van der Waals surface area (Å²) in [6.07, 6.45) is 0. The number of hydrogen-bond donors (Lipinski definition) is 2. The summed E-state index contributed by atoms with van der Waals surface area (Å²) in [5, 5.41) is 2.65. The molecule has 1 atom stereocenters. The molecular weight excluding hydrogens is 375 g/mol. The van der Waals surface area contributed by atoms with Crippen LogP contribution in [0.3, 0.4) is 0 Å². The third-order valence-electron chi connectivity index (χ3n) is 3.76. The monoisotopic (exact) mass is 396 g/mol. The van der Waals surface area contributed by atoms with E-state index in [1.165, 1.54) is 21.1 Å². The van der Waals surface area contributed by atoms with Crippen LogP contribution in [0.25, 0.3) is 0 Å². The predicted octanol–water partition coefficient (Wildman–Crippen LogP) is 1.83. The van der Waals surface area contributed by atoms with Crippen LogP contribution in [-0.4, -0.2) is 34.6 Å². The maximum Gasteiger partial charge on any atom is 0.241 e. The lowest BCUT2D eigenvalue weighted by atomic mass is 10.2. The average molecular weight is 396 g/mol. The molecule has 0 aliphatic heterocycles. The van der Waals surface area contributed by atoms with Crippen LogP contribution in [0, 0.1) is 5.82 Å². The number of halogens is 1. The van der Waals surface area contributed by atoms with Crippen molar-refractivity contribution in [2.24, 2.45) is 0 Å². The van der Waals surface area contributed by atoms with Crippen LogP contribution in [-0.2, 0) is 21.4 Å². The molecule has 0 saturated heterocycles. The summed E-state index contributed by atoms with van der Waals surface area (Å²) in [7, 11) is -0.909. The van der Waals surface area contributed by atoms with Crippen molar-refractivity contribution in [1.29, 1.82) is 0 Å². The van der Waals surface area contributed by atoms with E-state index in [1.807, 2.05) is 0 Å². The van der Waals surface area contributed by atoms with E-state index in [2.05, 4.69) is 10.0 Å². The summed E-state index contributed by atoms with van der Waals surface area (Å²) in [5.74, 6) is 0.0347. The van der Waals surface area contributed by atoms with Crippen molar-refractivity contribution in [2.75, 3.05) is 14.2 Å². The fourth-order valence-electron chi connectivity index (χ4n) is 2.30. The summed E-state index contributed by atoms with van der Waals surface area (Å²) in [6, 6.07) is 8.51. The molecule has 0 bridgehead atoms. The standard InChI is InChI=1S/C18H21FN2O5S/c1-12(21-27(23,24)15-7-5-14(19)6-8-15)18(22)20-11-13-4-9-16(25-2)17(10-13)26-3/h4-10,12,21H,11H2,1-3H3,(H,20,22). The van der Waals surface area contributed by atoms with Crippen LogP contribution >= 0.6 is 0 Å². The highest BCUT2D eigenvalue weighted by Crippen LogP contribution is 2.27. The van der Waals surface area contributed by atoms with Crippen molar-refractivity contribution in [1.82, 2.24) is 10.0 Å². The van der Waals surface area contributed by atoms with Crippen LogP contribution in [0.5, 0.6) is 11.5 Å². The van der Waals surface area contributed by atoms with Crippen molar-refractivity contribution in [3.63, 3.8) is 0 Å². The molecule has 0 heterocycles. The number of carbonyl (C=O) groups excluding carboxylic acids is 1. The van der Waals surface area contributed by atoms with Gasteiger partial charge in [0.05, 0.1) is 25.2 Å². The zero-order valence-electron chi connectivity index (χ0n) is 15.2. The van der Waals surface area contributed by atoms with Crippen LogP contribution in [0.2, 0.25) is 0 Å². The van der Waals surface area contributed by atoms with E-state index in [0.29, 0.717) is 11.5 Å². The first kappa shape index (κ1) is 20.7. The molecule has 9 heteroatoms. The predicted molar refractivity (Wildman–Crippen MR) is 97.6 cm³/mol. The SMILES string of the molecule is COc1ccc(CNC(=O)C(C)NS(=O)(=O)c2ccc(F)cc2)cc1OC. The number of hydrogen-bond acceptors (Lipinski definition) is 5. The Morgan fingerprint density at radius 3 is 2.30 bits per heavy atom. The molecule has 0 radical (unpaired) electrons. The van der Waals surface area contributed by atoms with Gasteiger partial charge >= 0.3 is 0 Å². The van der Waals surface area contributed by atoms with E-state index in [-0.39, 0.29) is 11.4 Å². The molecule has 0 aliphatic rings. The van der Waals surface area contributed by atoms with E-state index in [9.17, 15) is 17.6 Å². The Morgan fingerprint density at radius 1 is 1.07 bits per heavy atom. The normalized spacial score (nSPS) is 12.3. The zero-order valence-corrected chi connectivity index (χ0v) is 16.0. The maximum atomic E-state index is 12.9. The van der Waals surface area contributed by atoms with Crippen LogP contribution in [0.15, 0.2) is 47.4 Å². The van der Waals surface area contributed by atoms with Crippen molar-refractivity contribution in [3.8, 4) is 11.5 Å². The summed E-state index contributed by atoms with van der Waals surface area (Å²) in [5.41, 5.74) is 0.759. The Morgan fingerprint density at radius 2 is 1.70 bits per heavy atom. The van der Waals surface area contributed by atoms with Crippen molar-refractivity contribution in [2.45, 2.75) is 24.4 Å². The number of sulfonamides is 1. The molecule has 7 nitrogen and oxygen atoms in total. The van der Waals surface area contributed by atoms with Gasteiger partial charge in [-0.3, -0.25) is 4.79 Å². The van der Waals surface area contributed by atoms with E-state index in [4.69, 9.17) is 9.47 Å². The van der Waals surface area contributed by atoms with Gasteiger partial charge in [0.2, 0.25) is 15.9 Å². The summed E-state index contributed by atoms with van der Waals surface area (Å²) < 4.78 is 50.0. The Balaban J connectivity index is 1.98. The molecule has 27 heavy (non-hydrogen) atoms. The van der Waals surface area contributed by atoms with Gasteiger partial charge in [-0.25, -0.2) is 12.8 Å². The molecule has 2 N–H and O–H groups in total. The fourth-order valence-corrected chi connectivity index (χ4v) is 3.50. The Labute approximate surface area is 157 Å². The van der Waals surface area contributed by atoms with Gasteiger partial charge in [0.25, 0.3) is 0 Å². The molecule has 146 valence electrons. The molecule has 1 unspecified atom stereocenters. The first-order valence-electron chi connectivity index (χ1n) is 8.03. The lowest BCUT2D eigenvalue weighted by molar-refractivity contribution is -0.122. The van der Waals surface area contributed by atoms with Crippen LogP contribution in [0.1, 0.15) is 12.5 Å².